The molecule has 470 valence electrons. The third-order valence-corrected chi connectivity index (χ3v) is 16.6. The maximum absolute atomic E-state index is 13.1. The third-order valence-electron chi connectivity index (χ3n) is 16.6. The Morgan fingerprint density at radius 3 is 1.09 bits per heavy atom. The Balaban J connectivity index is 2.13. The van der Waals surface area contributed by atoms with Crippen LogP contribution in [0.3, 0.4) is 0 Å². The highest BCUT2D eigenvalue weighted by Gasteiger charge is 2.44. The molecule has 9 nitrogen and oxygen atoms in total. The molecule has 1 saturated heterocycles. The van der Waals surface area contributed by atoms with Crippen molar-refractivity contribution in [2.24, 2.45) is 0 Å². The normalized spacial score (nSPS) is 18.7. The summed E-state index contributed by atoms with van der Waals surface area (Å²) in [6.45, 7) is 3.81. The number of hydrogen-bond donors (Lipinski definition) is 6. The van der Waals surface area contributed by atoms with E-state index in [1.165, 1.54) is 270 Å². The first-order valence-electron chi connectivity index (χ1n) is 34.9. The van der Waals surface area contributed by atoms with Gasteiger partial charge in [0, 0.05) is 6.42 Å². The number of carbonyl (C=O) groups is 1. The number of amides is 1. The molecule has 1 rings (SSSR count). The SMILES string of the molecule is CCCCCCC/C=C\C/C=C\C/C=C\CCCCCCCCCCCCCCCCCCC(=O)NC(COC1OC(CO)C(O)C(O)C1O)C(O)/C=C/CCCCCCCCCCCCCCCCCCCCCCCCCC. The molecule has 1 heterocycles. The Bertz CT molecular complexity index is 1400. The van der Waals surface area contributed by atoms with Gasteiger partial charge < -0.3 is 40.3 Å². The monoisotopic (exact) mass is 1130 g/mol. The summed E-state index contributed by atoms with van der Waals surface area (Å²) in [7, 11) is 0. The van der Waals surface area contributed by atoms with Crippen molar-refractivity contribution in [3.05, 3.63) is 48.6 Å². The second kappa shape index (κ2) is 60.3. The molecule has 6 N–H and O–H groups in total. The highest BCUT2D eigenvalue weighted by molar-refractivity contribution is 5.76. The Hall–Kier alpha value is -1.85. The van der Waals surface area contributed by atoms with Gasteiger partial charge in [-0.05, 0) is 57.8 Å². The summed E-state index contributed by atoms with van der Waals surface area (Å²) in [5.74, 6) is -0.172. The zero-order chi connectivity index (χ0) is 57.9. The van der Waals surface area contributed by atoms with Crippen molar-refractivity contribution in [1.82, 2.24) is 5.32 Å². The summed E-state index contributed by atoms with van der Waals surface area (Å²) in [4.78, 5) is 13.1. The summed E-state index contributed by atoms with van der Waals surface area (Å²) in [5, 5.41) is 54.8. The van der Waals surface area contributed by atoms with E-state index >= 15 is 0 Å². The number of aliphatic hydroxyl groups is 5. The summed E-state index contributed by atoms with van der Waals surface area (Å²) in [6.07, 6.45) is 74.9. The van der Waals surface area contributed by atoms with Crippen LogP contribution in [0.25, 0.3) is 0 Å². The van der Waals surface area contributed by atoms with Gasteiger partial charge >= 0.3 is 0 Å². The van der Waals surface area contributed by atoms with Gasteiger partial charge in [0.2, 0.25) is 5.91 Å². The lowest BCUT2D eigenvalue weighted by Gasteiger charge is -2.40. The van der Waals surface area contributed by atoms with Crippen molar-refractivity contribution in [3.63, 3.8) is 0 Å². The first kappa shape index (κ1) is 76.2. The molecule has 1 fully saturated rings. The van der Waals surface area contributed by atoms with Gasteiger partial charge in [-0.25, -0.2) is 0 Å². The van der Waals surface area contributed by atoms with E-state index in [2.05, 4.69) is 55.6 Å². The number of rotatable bonds is 61. The molecule has 0 saturated carbocycles. The molecule has 0 radical (unpaired) electrons. The molecule has 80 heavy (non-hydrogen) atoms. The van der Waals surface area contributed by atoms with Crippen LogP contribution in [0.15, 0.2) is 48.6 Å². The Labute approximate surface area is 494 Å². The Morgan fingerprint density at radius 2 is 0.738 bits per heavy atom. The van der Waals surface area contributed by atoms with E-state index < -0.39 is 49.5 Å². The Morgan fingerprint density at radius 1 is 0.425 bits per heavy atom. The smallest absolute Gasteiger partial charge is 0.220 e. The van der Waals surface area contributed by atoms with Crippen LogP contribution in [0.1, 0.15) is 341 Å². The molecule has 9 heteroatoms. The quantitative estimate of drug-likeness (QED) is 0.0261. The zero-order valence-corrected chi connectivity index (χ0v) is 52.6. The maximum atomic E-state index is 13.1. The van der Waals surface area contributed by atoms with Gasteiger partial charge in [0.15, 0.2) is 6.29 Å². The fraction of sp³-hybridized carbons (Fsp3) is 0.873. The molecule has 1 aliphatic rings. The van der Waals surface area contributed by atoms with Crippen LogP contribution in [0.5, 0.6) is 0 Å². The van der Waals surface area contributed by atoms with Crippen molar-refractivity contribution in [1.29, 1.82) is 0 Å². The first-order chi connectivity index (χ1) is 39.3. The topological polar surface area (TPSA) is 149 Å². The van der Waals surface area contributed by atoms with E-state index in [-0.39, 0.29) is 12.5 Å². The minimum absolute atomic E-state index is 0.172. The predicted octanol–water partition coefficient (Wildman–Crippen LogP) is 18.8. The second-order valence-corrected chi connectivity index (χ2v) is 24.3. The minimum atomic E-state index is -1.57. The molecule has 0 aromatic heterocycles. The van der Waals surface area contributed by atoms with Crippen LogP contribution in [0.4, 0.5) is 0 Å². The highest BCUT2D eigenvalue weighted by Crippen LogP contribution is 2.23. The molecular weight excluding hydrogens is 995 g/mol. The number of aliphatic hydroxyl groups excluding tert-OH is 5. The number of nitrogens with one attached hydrogen (secondary N) is 1. The fourth-order valence-corrected chi connectivity index (χ4v) is 11.2. The van der Waals surface area contributed by atoms with E-state index in [1.54, 1.807) is 6.08 Å². The largest absolute Gasteiger partial charge is 0.394 e. The van der Waals surface area contributed by atoms with Crippen LogP contribution >= 0.6 is 0 Å². The van der Waals surface area contributed by atoms with Crippen molar-refractivity contribution < 1.29 is 39.8 Å². The van der Waals surface area contributed by atoms with Crippen LogP contribution in [0, 0.1) is 0 Å². The lowest BCUT2D eigenvalue weighted by Crippen LogP contribution is -2.60. The average Bonchev–Trinajstić information content (AvgIpc) is 3.46. The molecule has 0 bridgehead atoms. The van der Waals surface area contributed by atoms with Crippen molar-refractivity contribution in [2.45, 2.75) is 384 Å². The number of hydrogen-bond acceptors (Lipinski definition) is 8. The molecule has 7 atom stereocenters. The van der Waals surface area contributed by atoms with Gasteiger partial charge in [-0.2, -0.15) is 0 Å². The van der Waals surface area contributed by atoms with Crippen LogP contribution in [0.2, 0.25) is 0 Å². The standard InChI is InChI=1S/C71H133NO8/c1-3-5-7-9-11-13-15-17-19-21-23-25-27-29-31-32-33-34-35-37-39-41-43-45-47-49-51-53-55-57-59-61-67(75)72-64(63-79-71-70(78)69(77)68(76)66(62-73)80-71)65(74)60-58-56-54-52-50-48-46-44-42-40-38-36-30-28-26-24-22-20-18-16-14-12-10-8-6-4-2/h15,17,21,23,27,29,58,60,64-66,68-71,73-74,76-78H,3-14,16,18-20,22,24-26,28,30-57,59,61-63H2,1-2H3,(H,72,75)/b17-15-,23-21-,29-27-,60-58+. The van der Waals surface area contributed by atoms with Gasteiger partial charge in [-0.15, -0.1) is 0 Å². The van der Waals surface area contributed by atoms with E-state index in [0.717, 1.165) is 51.4 Å². The third kappa shape index (κ3) is 48.5. The molecule has 7 unspecified atom stereocenters. The van der Waals surface area contributed by atoms with Gasteiger partial charge in [0.05, 0.1) is 25.4 Å². The molecule has 0 spiro atoms. The number of unbranched alkanes of at least 4 members (excludes halogenated alkanes) is 45. The van der Waals surface area contributed by atoms with Crippen LogP contribution in [-0.2, 0) is 14.3 Å². The van der Waals surface area contributed by atoms with Gasteiger partial charge in [0.1, 0.15) is 24.4 Å². The maximum Gasteiger partial charge on any atom is 0.220 e. The molecule has 1 amide bonds. The summed E-state index contributed by atoms with van der Waals surface area (Å²) in [5.41, 5.74) is 0. The number of ether oxygens (including phenoxy) is 2. The summed E-state index contributed by atoms with van der Waals surface area (Å²) in [6, 6.07) is -0.807. The van der Waals surface area contributed by atoms with Gasteiger partial charge in [-0.3, -0.25) is 4.79 Å². The molecule has 1 aliphatic heterocycles. The van der Waals surface area contributed by atoms with E-state index in [1.807, 2.05) is 6.08 Å². The molecule has 0 aromatic rings. The van der Waals surface area contributed by atoms with E-state index in [0.29, 0.717) is 6.42 Å². The predicted molar refractivity (Wildman–Crippen MR) is 341 cm³/mol. The average molecular weight is 1130 g/mol. The highest BCUT2D eigenvalue weighted by atomic mass is 16.7. The van der Waals surface area contributed by atoms with Gasteiger partial charge in [-0.1, -0.05) is 326 Å². The van der Waals surface area contributed by atoms with E-state index in [9.17, 15) is 30.3 Å². The summed E-state index contributed by atoms with van der Waals surface area (Å²) >= 11 is 0. The van der Waals surface area contributed by atoms with Gasteiger partial charge in [0.25, 0.3) is 0 Å². The second-order valence-electron chi connectivity index (χ2n) is 24.3. The Kier molecular flexibility index (Phi) is 57.4. The van der Waals surface area contributed by atoms with Crippen molar-refractivity contribution in [2.75, 3.05) is 13.2 Å². The zero-order valence-electron chi connectivity index (χ0n) is 52.6. The van der Waals surface area contributed by atoms with Crippen LogP contribution < -0.4 is 5.32 Å². The summed E-state index contributed by atoms with van der Waals surface area (Å²) < 4.78 is 11.3. The lowest BCUT2D eigenvalue weighted by molar-refractivity contribution is -0.302. The fourth-order valence-electron chi connectivity index (χ4n) is 11.2. The van der Waals surface area contributed by atoms with Crippen LogP contribution in [-0.4, -0.2) is 87.5 Å². The minimum Gasteiger partial charge on any atom is -0.394 e. The van der Waals surface area contributed by atoms with E-state index in [4.69, 9.17) is 9.47 Å². The molecule has 0 aromatic carbocycles. The van der Waals surface area contributed by atoms with Crippen molar-refractivity contribution in [3.8, 4) is 0 Å². The molecular formula is C71H133NO8. The first-order valence-corrected chi connectivity index (χ1v) is 34.9. The lowest BCUT2D eigenvalue weighted by atomic mass is 9.99. The van der Waals surface area contributed by atoms with Crippen molar-refractivity contribution >= 4 is 5.91 Å². The number of carbonyl (C=O) groups excluding carboxylic acids is 1. The molecule has 0 aliphatic carbocycles. The number of allylic oxidation sites excluding steroid dienone is 7.